The molecule has 4 nitrogen and oxygen atoms in total. The molecular formula is C15H28N2O2S. The van der Waals surface area contributed by atoms with Gasteiger partial charge in [-0.25, -0.2) is 9.52 Å². The van der Waals surface area contributed by atoms with Gasteiger partial charge in [0.25, 0.3) is 0 Å². The minimum Gasteiger partial charge on any atom is -0.444 e. The van der Waals surface area contributed by atoms with Crippen molar-refractivity contribution in [1.29, 1.82) is 0 Å². The summed E-state index contributed by atoms with van der Waals surface area (Å²) in [5.41, 5.74) is -0.465. The van der Waals surface area contributed by atoms with E-state index in [1.807, 2.05) is 27.7 Å². The number of rotatable bonds is 5. The van der Waals surface area contributed by atoms with E-state index in [1.165, 1.54) is 0 Å². The minimum atomic E-state index is -0.465. The first-order valence-electron chi connectivity index (χ1n) is 6.86. The molecule has 0 aromatic carbocycles. The van der Waals surface area contributed by atoms with Crippen LogP contribution in [0, 0.1) is 11.8 Å². The van der Waals surface area contributed by atoms with Gasteiger partial charge in [-0.2, -0.15) is 0 Å². The molecule has 20 heavy (non-hydrogen) atoms. The summed E-state index contributed by atoms with van der Waals surface area (Å²) in [5, 5.41) is 2.75. The molecular weight excluding hydrogens is 272 g/mol. The molecule has 0 spiro atoms. The molecule has 0 bridgehead atoms. The molecule has 116 valence electrons. The van der Waals surface area contributed by atoms with Gasteiger partial charge in [0, 0.05) is 11.3 Å². The monoisotopic (exact) mass is 300 g/mol. The normalized spacial score (nSPS) is 13.2. The molecule has 0 aromatic heterocycles. The Morgan fingerprint density at radius 3 is 2.30 bits per heavy atom. The number of nitrogens with one attached hydrogen (secondary N) is 2. The molecule has 1 unspecified atom stereocenters. The number of amides is 1. The first kappa shape index (κ1) is 19.1. The number of hydrogen-bond acceptors (Lipinski definition) is 4. The molecule has 1 atom stereocenters. The summed E-state index contributed by atoms with van der Waals surface area (Å²) in [6.07, 6.45) is 0.354. The Bertz CT molecular complexity index is 359. The van der Waals surface area contributed by atoms with Crippen LogP contribution in [-0.4, -0.2) is 29.0 Å². The Balaban J connectivity index is 4.09. The predicted octanol–water partition coefficient (Wildman–Crippen LogP) is 3.33. The van der Waals surface area contributed by atoms with Crippen molar-refractivity contribution in [3.63, 3.8) is 0 Å². The highest BCUT2D eigenvalue weighted by atomic mass is 32.2. The number of ether oxygens (including phenoxy) is 1. The summed E-state index contributed by atoms with van der Waals surface area (Å²) in [7, 11) is 0. The largest absolute Gasteiger partial charge is 0.444 e. The van der Waals surface area contributed by atoms with Crippen LogP contribution in [0.5, 0.6) is 0 Å². The van der Waals surface area contributed by atoms with E-state index < -0.39 is 5.60 Å². The molecule has 0 aliphatic heterocycles. The van der Waals surface area contributed by atoms with Gasteiger partial charge < -0.3 is 10.1 Å². The molecule has 0 radical (unpaired) electrons. The Kier molecular flexibility index (Phi) is 8.07. The standard InChI is InChI=1S/C15H28N2O2S/c1-8-9-12(17-20-15(5,6)7)10-11-16-13(18)19-14(2,3)4/h12,17H,10-11H2,1-7H3,(H,16,18). The van der Waals surface area contributed by atoms with Gasteiger partial charge in [0.1, 0.15) is 5.60 Å². The highest BCUT2D eigenvalue weighted by molar-refractivity contribution is 7.98. The molecule has 1 amide bonds. The van der Waals surface area contributed by atoms with E-state index in [1.54, 1.807) is 11.9 Å². The second-order valence-corrected chi connectivity index (χ2v) is 8.16. The molecule has 0 saturated carbocycles. The van der Waals surface area contributed by atoms with Gasteiger partial charge in [0.05, 0.1) is 6.04 Å². The first-order valence-corrected chi connectivity index (χ1v) is 7.68. The van der Waals surface area contributed by atoms with Crippen LogP contribution in [0.15, 0.2) is 0 Å². The van der Waals surface area contributed by atoms with Crippen LogP contribution in [-0.2, 0) is 4.74 Å². The maximum Gasteiger partial charge on any atom is 0.407 e. The van der Waals surface area contributed by atoms with Crippen LogP contribution in [0.25, 0.3) is 0 Å². The smallest absolute Gasteiger partial charge is 0.407 e. The van der Waals surface area contributed by atoms with Crippen LogP contribution < -0.4 is 10.0 Å². The highest BCUT2D eigenvalue weighted by Gasteiger charge is 2.17. The summed E-state index contributed by atoms with van der Waals surface area (Å²) in [6, 6.07) is 0.0548. The molecule has 0 rings (SSSR count). The third-order valence-electron chi connectivity index (χ3n) is 1.93. The Morgan fingerprint density at radius 2 is 1.85 bits per heavy atom. The fourth-order valence-corrected chi connectivity index (χ4v) is 1.89. The SMILES string of the molecule is CC#CC(CCNC(=O)OC(C)(C)C)NSC(C)(C)C. The number of alkyl carbamates (subject to hydrolysis) is 1. The maximum atomic E-state index is 11.5. The quantitative estimate of drug-likeness (QED) is 0.604. The van der Waals surface area contributed by atoms with Crippen molar-refractivity contribution < 1.29 is 9.53 Å². The average molecular weight is 300 g/mol. The van der Waals surface area contributed by atoms with Crippen molar-refractivity contribution in [2.45, 2.75) is 71.3 Å². The lowest BCUT2D eigenvalue weighted by molar-refractivity contribution is 0.0527. The summed E-state index contributed by atoms with van der Waals surface area (Å²) >= 11 is 1.65. The Morgan fingerprint density at radius 1 is 1.25 bits per heavy atom. The lowest BCUT2D eigenvalue weighted by Gasteiger charge is -2.22. The lowest BCUT2D eigenvalue weighted by atomic mass is 10.2. The van der Waals surface area contributed by atoms with Crippen LogP contribution >= 0.6 is 11.9 Å². The number of carbonyl (C=O) groups excluding carboxylic acids is 1. The highest BCUT2D eigenvalue weighted by Crippen LogP contribution is 2.20. The predicted molar refractivity (Wildman–Crippen MR) is 86.6 cm³/mol. The van der Waals surface area contributed by atoms with Crippen molar-refractivity contribution in [2.75, 3.05) is 6.54 Å². The van der Waals surface area contributed by atoms with Crippen molar-refractivity contribution >= 4 is 18.0 Å². The molecule has 2 N–H and O–H groups in total. The summed E-state index contributed by atoms with van der Waals surface area (Å²) in [5.74, 6) is 6.01. The molecule has 0 saturated heterocycles. The van der Waals surface area contributed by atoms with Crippen LogP contribution in [0.2, 0.25) is 0 Å². The number of carbonyl (C=O) groups is 1. The molecule has 0 aliphatic carbocycles. The molecule has 0 aliphatic rings. The van der Waals surface area contributed by atoms with E-state index in [-0.39, 0.29) is 16.9 Å². The molecule has 0 aromatic rings. The van der Waals surface area contributed by atoms with Crippen molar-refractivity contribution in [3.8, 4) is 11.8 Å². The van der Waals surface area contributed by atoms with Crippen LogP contribution in [0.3, 0.4) is 0 Å². The second-order valence-electron chi connectivity index (χ2n) is 6.50. The number of hydrogen-bond donors (Lipinski definition) is 2. The molecule has 0 fully saturated rings. The van der Waals surface area contributed by atoms with Gasteiger partial charge in [-0.05, 0) is 54.9 Å². The van der Waals surface area contributed by atoms with E-state index in [0.717, 1.165) is 6.42 Å². The van der Waals surface area contributed by atoms with E-state index >= 15 is 0 Å². The van der Waals surface area contributed by atoms with Crippen molar-refractivity contribution in [1.82, 2.24) is 10.0 Å². The van der Waals surface area contributed by atoms with Crippen molar-refractivity contribution in [3.05, 3.63) is 0 Å². The van der Waals surface area contributed by atoms with Crippen LogP contribution in [0.4, 0.5) is 4.79 Å². The fraction of sp³-hybridized carbons (Fsp3) is 0.800. The van der Waals surface area contributed by atoms with Crippen molar-refractivity contribution in [2.24, 2.45) is 0 Å². The maximum absolute atomic E-state index is 11.5. The van der Waals surface area contributed by atoms with E-state index in [2.05, 4.69) is 42.7 Å². The van der Waals surface area contributed by atoms with Gasteiger partial charge in [-0.15, -0.1) is 5.92 Å². The van der Waals surface area contributed by atoms with E-state index in [0.29, 0.717) is 6.54 Å². The minimum absolute atomic E-state index is 0.0548. The topological polar surface area (TPSA) is 50.4 Å². The molecule has 5 heteroatoms. The van der Waals surface area contributed by atoms with Gasteiger partial charge in [0.2, 0.25) is 0 Å². The Labute approximate surface area is 127 Å². The Hall–Kier alpha value is -0.860. The van der Waals surface area contributed by atoms with Crippen LogP contribution in [0.1, 0.15) is 54.9 Å². The zero-order chi connectivity index (χ0) is 15.8. The summed E-state index contributed by atoms with van der Waals surface area (Å²) in [6.45, 7) is 14.3. The zero-order valence-corrected chi connectivity index (χ0v) is 14.5. The third kappa shape index (κ3) is 12.2. The summed E-state index contributed by atoms with van der Waals surface area (Å²) in [4.78, 5) is 11.5. The lowest BCUT2D eigenvalue weighted by Crippen LogP contribution is -2.36. The third-order valence-corrected chi connectivity index (χ3v) is 2.94. The van der Waals surface area contributed by atoms with E-state index in [4.69, 9.17) is 4.74 Å². The van der Waals surface area contributed by atoms with Gasteiger partial charge in [-0.1, -0.05) is 17.9 Å². The second kappa shape index (κ2) is 8.43. The van der Waals surface area contributed by atoms with Gasteiger partial charge >= 0.3 is 6.09 Å². The fourth-order valence-electron chi connectivity index (χ4n) is 1.22. The summed E-state index contributed by atoms with van der Waals surface area (Å²) < 4.78 is 8.65. The molecule has 0 heterocycles. The zero-order valence-electron chi connectivity index (χ0n) is 13.7. The van der Waals surface area contributed by atoms with Gasteiger partial charge in [-0.3, -0.25) is 0 Å². The van der Waals surface area contributed by atoms with Gasteiger partial charge in [0.15, 0.2) is 0 Å². The van der Waals surface area contributed by atoms with E-state index in [9.17, 15) is 4.79 Å². The average Bonchev–Trinajstić information content (AvgIpc) is 2.22. The first-order chi connectivity index (χ1) is 9.03.